The third-order valence-corrected chi connectivity index (χ3v) is 6.90. The Hall–Kier alpha value is -4.01. The number of rotatable bonds is 0. The van der Waals surface area contributed by atoms with Crippen molar-refractivity contribution < 1.29 is 14.4 Å². The molecular formula is C23H19N5O4. The Morgan fingerprint density at radius 1 is 1.06 bits per heavy atom. The van der Waals surface area contributed by atoms with Crippen molar-refractivity contribution in [2.45, 2.75) is 18.9 Å². The van der Waals surface area contributed by atoms with Crippen molar-refractivity contribution in [3.63, 3.8) is 0 Å². The summed E-state index contributed by atoms with van der Waals surface area (Å²) in [7, 11) is 1.35. The van der Waals surface area contributed by atoms with Gasteiger partial charge in [0, 0.05) is 26.2 Å². The smallest absolute Gasteiger partial charge is 0.330 e. The fourth-order valence-electron chi connectivity index (χ4n) is 5.39. The van der Waals surface area contributed by atoms with E-state index < -0.39 is 29.3 Å². The van der Waals surface area contributed by atoms with Crippen LogP contribution in [0.1, 0.15) is 22.7 Å². The zero-order chi connectivity index (χ0) is 22.2. The topological polar surface area (TPSA) is 104 Å². The number of amides is 4. The number of imide groups is 2. The van der Waals surface area contributed by atoms with Crippen LogP contribution in [-0.4, -0.2) is 45.7 Å². The van der Waals surface area contributed by atoms with E-state index in [1.54, 1.807) is 24.4 Å². The van der Waals surface area contributed by atoms with E-state index in [9.17, 15) is 19.2 Å². The number of barbiturate groups is 1. The molecule has 2 atom stereocenters. The molecule has 1 saturated heterocycles. The van der Waals surface area contributed by atoms with Crippen LogP contribution in [0.3, 0.4) is 0 Å². The molecule has 0 radical (unpaired) electrons. The molecule has 4 amide bonds. The van der Waals surface area contributed by atoms with E-state index in [-0.39, 0.29) is 12.0 Å². The average molecular weight is 429 g/mol. The van der Waals surface area contributed by atoms with Gasteiger partial charge in [0.05, 0.1) is 11.6 Å². The van der Waals surface area contributed by atoms with Gasteiger partial charge in [-0.3, -0.25) is 29.0 Å². The van der Waals surface area contributed by atoms with E-state index in [0.717, 1.165) is 16.0 Å². The van der Waals surface area contributed by atoms with Gasteiger partial charge in [-0.05, 0) is 29.7 Å². The molecule has 0 unspecified atom stereocenters. The maximum absolute atomic E-state index is 13.7. The second kappa shape index (κ2) is 6.25. The van der Waals surface area contributed by atoms with Gasteiger partial charge in [-0.15, -0.1) is 0 Å². The van der Waals surface area contributed by atoms with Gasteiger partial charge in [-0.2, -0.15) is 0 Å². The van der Waals surface area contributed by atoms with Crippen LogP contribution in [0.4, 0.5) is 10.6 Å². The van der Waals surface area contributed by atoms with Crippen LogP contribution in [0.15, 0.2) is 53.5 Å². The van der Waals surface area contributed by atoms with E-state index in [1.807, 2.05) is 29.2 Å². The standard InChI is InChI=1S/C23H19N5O4/c1-26-21(31)23(20(30)25-22(26)32)12-15-18(24-16-8-4-5-10-27(16)19(15)29)28-11-9-13-6-2-3-7-14(13)17(23)28/h2-8,10,17H,9,11-12H2,1H3,(H,25,30,32)/t17-,23-/m1/s1. The summed E-state index contributed by atoms with van der Waals surface area (Å²) in [5, 5.41) is 2.34. The summed E-state index contributed by atoms with van der Waals surface area (Å²) in [6.07, 6.45) is 2.17. The molecule has 1 aromatic carbocycles. The van der Waals surface area contributed by atoms with Crippen LogP contribution < -0.4 is 15.8 Å². The lowest BCUT2D eigenvalue weighted by atomic mass is 9.65. The Morgan fingerprint density at radius 2 is 1.84 bits per heavy atom. The lowest BCUT2D eigenvalue weighted by Gasteiger charge is -2.52. The van der Waals surface area contributed by atoms with Gasteiger partial charge in [0.15, 0.2) is 5.41 Å². The number of hydrogen-bond acceptors (Lipinski definition) is 6. The van der Waals surface area contributed by atoms with E-state index in [2.05, 4.69) is 5.32 Å². The summed E-state index contributed by atoms with van der Waals surface area (Å²) >= 11 is 0. The second-order valence-electron chi connectivity index (χ2n) is 8.46. The summed E-state index contributed by atoms with van der Waals surface area (Å²) in [4.78, 5) is 60.4. The normalized spacial score (nSPS) is 24.3. The average Bonchev–Trinajstić information content (AvgIpc) is 2.81. The number of anilines is 1. The number of pyridine rings is 1. The van der Waals surface area contributed by atoms with Crippen molar-refractivity contribution in [1.29, 1.82) is 0 Å². The zero-order valence-corrected chi connectivity index (χ0v) is 17.2. The lowest BCUT2D eigenvalue weighted by Crippen LogP contribution is -2.69. The molecule has 0 saturated carbocycles. The SMILES string of the molecule is CN1C(=O)NC(=O)[C@]2(Cc3c(nc4ccccn4c3=O)N3CCc4ccccc4[C@@H]32)C1=O. The van der Waals surface area contributed by atoms with E-state index in [0.29, 0.717) is 30.0 Å². The highest BCUT2D eigenvalue weighted by Gasteiger charge is 2.63. The van der Waals surface area contributed by atoms with Crippen molar-refractivity contribution >= 4 is 29.3 Å². The van der Waals surface area contributed by atoms with Crippen molar-refractivity contribution in [2.75, 3.05) is 18.5 Å². The molecule has 0 aliphatic carbocycles. The Labute approximate surface area is 182 Å². The quantitative estimate of drug-likeness (QED) is 0.536. The fraction of sp³-hybridized carbons (Fsp3) is 0.261. The maximum atomic E-state index is 13.7. The van der Waals surface area contributed by atoms with Gasteiger partial charge in [0.25, 0.3) is 5.56 Å². The van der Waals surface area contributed by atoms with Gasteiger partial charge in [-0.25, -0.2) is 9.78 Å². The van der Waals surface area contributed by atoms with E-state index >= 15 is 0 Å². The number of aromatic nitrogens is 2. The molecular weight excluding hydrogens is 410 g/mol. The summed E-state index contributed by atoms with van der Waals surface area (Å²) in [6.45, 7) is 0.490. The Morgan fingerprint density at radius 3 is 2.69 bits per heavy atom. The van der Waals surface area contributed by atoms with Crippen molar-refractivity contribution in [3.05, 3.63) is 75.7 Å². The largest absolute Gasteiger partial charge is 0.347 e. The molecule has 32 heavy (non-hydrogen) atoms. The van der Waals surface area contributed by atoms with Crippen molar-refractivity contribution in [1.82, 2.24) is 19.6 Å². The first-order valence-corrected chi connectivity index (χ1v) is 10.4. The van der Waals surface area contributed by atoms with Crippen LogP contribution in [-0.2, 0) is 22.4 Å². The number of carbonyl (C=O) groups excluding carboxylic acids is 3. The molecule has 5 heterocycles. The summed E-state index contributed by atoms with van der Waals surface area (Å²) in [6, 6.07) is 11.5. The number of urea groups is 1. The molecule has 9 nitrogen and oxygen atoms in total. The van der Waals surface area contributed by atoms with Crippen LogP contribution >= 0.6 is 0 Å². The van der Waals surface area contributed by atoms with Crippen LogP contribution in [0, 0.1) is 5.41 Å². The Balaban J connectivity index is 1.69. The van der Waals surface area contributed by atoms with Gasteiger partial charge < -0.3 is 4.90 Å². The zero-order valence-electron chi connectivity index (χ0n) is 17.2. The first-order valence-electron chi connectivity index (χ1n) is 10.4. The molecule has 160 valence electrons. The van der Waals surface area contributed by atoms with Crippen molar-refractivity contribution in [3.8, 4) is 0 Å². The second-order valence-corrected chi connectivity index (χ2v) is 8.46. The maximum Gasteiger partial charge on any atom is 0.330 e. The van der Waals surface area contributed by atoms with Gasteiger partial charge in [-0.1, -0.05) is 30.3 Å². The Bertz CT molecular complexity index is 1410. The third-order valence-electron chi connectivity index (χ3n) is 6.90. The van der Waals surface area contributed by atoms with Crippen LogP contribution in [0.25, 0.3) is 5.65 Å². The highest BCUT2D eigenvalue weighted by molar-refractivity contribution is 6.20. The highest BCUT2D eigenvalue weighted by atomic mass is 16.2. The molecule has 1 N–H and O–H groups in total. The van der Waals surface area contributed by atoms with Gasteiger partial charge in [0.2, 0.25) is 11.8 Å². The van der Waals surface area contributed by atoms with E-state index in [1.165, 1.54) is 11.4 Å². The van der Waals surface area contributed by atoms with E-state index in [4.69, 9.17) is 4.98 Å². The minimum Gasteiger partial charge on any atom is -0.347 e. The Kier molecular flexibility index (Phi) is 3.66. The molecule has 1 fully saturated rings. The predicted octanol–water partition coefficient (Wildman–Crippen LogP) is 1.05. The third kappa shape index (κ3) is 2.20. The molecule has 6 rings (SSSR count). The predicted molar refractivity (Wildman–Crippen MR) is 114 cm³/mol. The minimum absolute atomic E-state index is 0.135. The first-order chi connectivity index (χ1) is 15.4. The molecule has 3 aliphatic heterocycles. The molecule has 0 bridgehead atoms. The molecule has 2 aromatic heterocycles. The van der Waals surface area contributed by atoms with Gasteiger partial charge in [0.1, 0.15) is 11.5 Å². The monoisotopic (exact) mass is 429 g/mol. The lowest BCUT2D eigenvalue weighted by molar-refractivity contribution is -0.153. The van der Waals surface area contributed by atoms with Crippen LogP contribution in [0.2, 0.25) is 0 Å². The highest BCUT2D eigenvalue weighted by Crippen LogP contribution is 2.52. The number of nitrogens with one attached hydrogen (secondary N) is 1. The summed E-state index contributed by atoms with van der Waals surface area (Å²) in [5.74, 6) is -0.798. The summed E-state index contributed by atoms with van der Waals surface area (Å²) < 4.78 is 1.42. The number of hydrogen-bond donors (Lipinski definition) is 1. The summed E-state index contributed by atoms with van der Waals surface area (Å²) in [5.41, 5.74) is 0.699. The molecule has 9 heteroatoms. The number of nitrogens with zero attached hydrogens (tertiary/aromatic N) is 4. The number of carbonyl (C=O) groups is 3. The number of fused-ring (bicyclic) bond motifs is 7. The molecule has 3 aliphatic rings. The fourth-order valence-corrected chi connectivity index (χ4v) is 5.39. The molecule has 1 spiro atoms. The minimum atomic E-state index is -1.66. The van der Waals surface area contributed by atoms with Crippen molar-refractivity contribution in [2.24, 2.45) is 5.41 Å². The first kappa shape index (κ1) is 18.7. The van der Waals surface area contributed by atoms with Gasteiger partial charge >= 0.3 is 6.03 Å². The molecule has 3 aromatic rings. The van der Waals surface area contributed by atoms with Crippen LogP contribution in [0.5, 0.6) is 0 Å². The number of benzene rings is 1.